The van der Waals surface area contributed by atoms with Gasteiger partial charge in [0.1, 0.15) is 0 Å². The summed E-state index contributed by atoms with van der Waals surface area (Å²) in [5, 5.41) is 5.26. The molecule has 0 amide bonds. The second kappa shape index (κ2) is 11.7. The first-order valence-corrected chi connectivity index (χ1v) is 9.30. The maximum absolute atomic E-state index is 11.5. The van der Waals surface area contributed by atoms with Gasteiger partial charge < -0.3 is 0 Å². The van der Waals surface area contributed by atoms with Crippen LogP contribution >= 0.6 is 0 Å². The Balaban J connectivity index is 3.84. The minimum Gasteiger partial charge on any atom is -0.216 e. The molecule has 0 radical (unpaired) electrons. The zero-order chi connectivity index (χ0) is 14.6. The molecule has 5 heteroatoms. The highest BCUT2D eigenvalue weighted by atomic mass is 32.2. The molecule has 19 heavy (non-hydrogen) atoms. The predicted molar refractivity (Wildman–Crippen MR) is 82.2 cm³/mol. The van der Waals surface area contributed by atoms with Gasteiger partial charge in [0.25, 0.3) is 10.2 Å². The summed E-state index contributed by atoms with van der Waals surface area (Å²) in [6, 6.07) is 0. The van der Waals surface area contributed by atoms with Crippen LogP contribution in [-0.2, 0) is 10.2 Å². The largest absolute Gasteiger partial charge is 0.276 e. The molecular formula is C14H32N2O2S. The molecule has 0 unspecified atom stereocenters. The first kappa shape index (κ1) is 18.9. The number of hydrogen-bond acceptors (Lipinski definition) is 2. The van der Waals surface area contributed by atoms with Gasteiger partial charge in [-0.2, -0.15) is 12.7 Å². The topological polar surface area (TPSA) is 63.4 Å². The summed E-state index contributed by atoms with van der Waals surface area (Å²) in [5.41, 5.74) is 0. The summed E-state index contributed by atoms with van der Waals surface area (Å²) in [6.07, 6.45) is 11.3. The lowest BCUT2D eigenvalue weighted by molar-refractivity contribution is 0.385. The van der Waals surface area contributed by atoms with E-state index in [0.717, 1.165) is 25.7 Å². The standard InChI is InChI=1S/C14H32N2O2S/c1-3-5-7-9-11-13-16(19(15,17)18)14-12-10-8-6-4-2/h3-14H2,1-2H3,(H2,15,17,18). The van der Waals surface area contributed by atoms with Crippen LogP contribution in [-0.4, -0.2) is 25.8 Å². The molecule has 4 nitrogen and oxygen atoms in total. The molecular weight excluding hydrogens is 260 g/mol. The van der Waals surface area contributed by atoms with Crippen LogP contribution in [0.2, 0.25) is 0 Å². The van der Waals surface area contributed by atoms with Crippen LogP contribution in [0.4, 0.5) is 0 Å². The third kappa shape index (κ3) is 11.4. The Morgan fingerprint density at radius 2 is 1.11 bits per heavy atom. The lowest BCUT2D eigenvalue weighted by Gasteiger charge is -2.19. The van der Waals surface area contributed by atoms with E-state index in [0.29, 0.717) is 13.1 Å². The number of rotatable bonds is 13. The Bertz CT molecular complexity index is 278. The van der Waals surface area contributed by atoms with Gasteiger partial charge in [-0.05, 0) is 12.8 Å². The maximum Gasteiger partial charge on any atom is 0.276 e. The van der Waals surface area contributed by atoms with Crippen LogP contribution in [0.15, 0.2) is 0 Å². The SMILES string of the molecule is CCCCCCCN(CCCCCCC)S(N)(=O)=O. The minimum absolute atomic E-state index is 0.580. The summed E-state index contributed by atoms with van der Waals surface area (Å²) >= 11 is 0. The molecule has 0 saturated heterocycles. The van der Waals surface area contributed by atoms with Gasteiger partial charge in [0.15, 0.2) is 0 Å². The highest BCUT2D eigenvalue weighted by molar-refractivity contribution is 7.86. The maximum atomic E-state index is 11.5. The number of nitrogens with zero attached hydrogens (tertiary/aromatic N) is 1. The molecule has 0 bridgehead atoms. The molecule has 0 saturated carbocycles. The summed E-state index contributed by atoms with van der Waals surface area (Å²) in [7, 11) is -3.52. The van der Waals surface area contributed by atoms with Crippen molar-refractivity contribution in [1.82, 2.24) is 4.31 Å². The normalized spacial score (nSPS) is 12.2. The van der Waals surface area contributed by atoms with Crippen LogP contribution < -0.4 is 5.14 Å². The fourth-order valence-corrected chi connectivity index (χ4v) is 2.92. The summed E-state index contributed by atoms with van der Waals surface area (Å²) in [4.78, 5) is 0. The number of unbranched alkanes of at least 4 members (excludes halogenated alkanes) is 8. The zero-order valence-corrected chi connectivity index (χ0v) is 13.6. The van der Waals surface area contributed by atoms with Gasteiger partial charge in [-0.1, -0.05) is 65.2 Å². The molecule has 0 fully saturated rings. The van der Waals surface area contributed by atoms with Gasteiger partial charge in [-0.3, -0.25) is 0 Å². The molecule has 0 heterocycles. The number of hydrogen-bond donors (Lipinski definition) is 1. The lowest BCUT2D eigenvalue weighted by Crippen LogP contribution is -2.38. The zero-order valence-electron chi connectivity index (χ0n) is 12.7. The fraction of sp³-hybridized carbons (Fsp3) is 1.00. The Labute approximate surface area is 119 Å². The highest BCUT2D eigenvalue weighted by Gasteiger charge is 2.15. The van der Waals surface area contributed by atoms with Crippen molar-refractivity contribution in [2.24, 2.45) is 5.14 Å². The second-order valence-corrected chi connectivity index (χ2v) is 6.82. The third-order valence-corrected chi connectivity index (χ3v) is 4.47. The van der Waals surface area contributed by atoms with Crippen molar-refractivity contribution in [3.8, 4) is 0 Å². The molecule has 0 aromatic rings. The summed E-state index contributed by atoms with van der Waals surface area (Å²) < 4.78 is 24.4. The van der Waals surface area contributed by atoms with Gasteiger partial charge in [0.2, 0.25) is 0 Å². The Kier molecular flexibility index (Phi) is 11.6. The first-order chi connectivity index (χ1) is 9.02. The lowest BCUT2D eigenvalue weighted by atomic mass is 10.1. The fourth-order valence-electron chi connectivity index (χ4n) is 2.15. The molecule has 2 N–H and O–H groups in total. The van der Waals surface area contributed by atoms with E-state index in [2.05, 4.69) is 13.8 Å². The van der Waals surface area contributed by atoms with Gasteiger partial charge in [-0.25, -0.2) is 5.14 Å². The van der Waals surface area contributed by atoms with Crippen molar-refractivity contribution in [1.29, 1.82) is 0 Å². The molecule has 0 aromatic carbocycles. The monoisotopic (exact) mass is 292 g/mol. The van der Waals surface area contributed by atoms with Crippen LogP contribution in [0.1, 0.15) is 78.1 Å². The smallest absolute Gasteiger partial charge is 0.216 e. The molecule has 0 spiro atoms. The van der Waals surface area contributed by atoms with E-state index in [1.165, 1.54) is 42.8 Å². The molecule has 0 rings (SSSR count). The van der Waals surface area contributed by atoms with Gasteiger partial charge >= 0.3 is 0 Å². The summed E-state index contributed by atoms with van der Waals surface area (Å²) in [6.45, 7) is 5.51. The van der Waals surface area contributed by atoms with Crippen molar-refractivity contribution in [3.63, 3.8) is 0 Å². The summed E-state index contributed by atoms with van der Waals surface area (Å²) in [5.74, 6) is 0. The third-order valence-electron chi connectivity index (χ3n) is 3.38. The van der Waals surface area contributed by atoms with Crippen LogP contribution in [0.3, 0.4) is 0 Å². The van der Waals surface area contributed by atoms with Crippen LogP contribution in [0.25, 0.3) is 0 Å². The van der Waals surface area contributed by atoms with E-state index in [9.17, 15) is 8.42 Å². The minimum atomic E-state index is -3.52. The van der Waals surface area contributed by atoms with Crippen molar-refractivity contribution in [2.75, 3.05) is 13.1 Å². The Morgan fingerprint density at radius 3 is 1.42 bits per heavy atom. The molecule has 116 valence electrons. The Hall–Kier alpha value is -0.130. The molecule has 0 aliphatic carbocycles. The van der Waals surface area contributed by atoms with Gasteiger partial charge in [0, 0.05) is 13.1 Å². The van der Waals surface area contributed by atoms with Crippen molar-refractivity contribution < 1.29 is 8.42 Å². The van der Waals surface area contributed by atoms with E-state index < -0.39 is 10.2 Å². The average Bonchev–Trinajstić information content (AvgIpc) is 2.34. The number of nitrogens with two attached hydrogens (primary N) is 1. The molecule has 0 aliphatic heterocycles. The Morgan fingerprint density at radius 1 is 0.737 bits per heavy atom. The van der Waals surface area contributed by atoms with E-state index in [1.54, 1.807) is 0 Å². The van der Waals surface area contributed by atoms with Gasteiger partial charge in [-0.15, -0.1) is 0 Å². The van der Waals surface area contributed by atoms with E-state index in [4.69, 9.17) is 5.14 Å². The molecule has 0 aliphatic rings. The van der Waals surface area contributed by atoms with Crippen molar-refractivity contribution >= 4 is 10.2 Å². The van der Waals surface area contributed by atoms with Crippen LogP contribution in [0, 0.1) is 0 Å². The van der Waals surface area contributed by atoms with E-state index in [-0.39, 0.29) is 0 Å². The van der Waals surface area contributed by atoms with Crippen molar-refractivity contribution in [3.05, 3.63) is 0 Å². The average molecular weight is 292 g/mol. The highest BCUT2D eigenvalue weighted by Crippen LogP contribution is 2.08. The van der Waals surface area contributed by atoms with E-state index >= 15 is 0 Å². The van der Waals surface area contributed by atoms with Crippen LogP contribution in [0.5, 0.6) is 0 Å². The molecule has 0 atom stereocenters. The quantitative estimate of drug-likeness (QED) is 0.529. The first-order valence-electron chi connectivity index (χ1n) is 7.80. The second-order valence-electron chi connectivity index (χ2n) is 5.27. The van der Waals surface area contributed by atoms with Crippen molar-refractivity contribution in [2.45, 2.75) is 78.1 Å². The van der Waals surface area contributed by atoms with E-state index in [1.807, 2.05) is 0 Å². The van der Waals surface area contributed by atoms with Gasteiger partial charge in [0.05, 0.1) is 0 Å². The molecule has 0 aromatic heterocycles. The predicted octanol–water partition coefficient (Wildman–Crippen LogP) is 3.43.